The second-order valence-electron chi connectivity index (χ2n) is 7.97. The summed E-state index contributed by atoms with van der Waals surface area (Å²) in [6.07, 6.45) is 0.502. The molecule has 0 bridgehead atoms. The minimum Gasteiger partial charge on any atom is -0.304 e. The summed E-state index contributed by atoms with van der Waals surface area (Å²) >= 11 is 4.71. The van der Waals surface area contributed by atoms with Crippen molar-refractivity contribution >= 4 is 45.2 Å². The molecular weight excluding hydrogens is 502 g/mol. The van der Waals surface area contributed by atoms with Crippen LogP contribution in [0.1, 0.15) is 5.56 Å². The quantitative estimate of drug-likeness (QED) is 0.477. The lowest BCUT2D eigenvalue weighted by molar-refractivity contribution is -0.122. The highest BCUT2D eigenvalue weighted by Gasteiger charge is 2.41. The third-order valence-corrected chi connectivity index (χ3v) is 7.41. The van der Waals surface area contributed by atoms with Crippen molar-refractivity contribution in [2.24, 2.45) is 0 Å². The van der Waals surface area contributed by atoms with E-state index in [1.807, 2.05) is 66.7 Å². The SMILES string of the molecule is CN1CCN(NC(=O)/C(C#N)=C2/S[C@@H](Cc3ccc(Br)cc3)C(=O)N2c2ccccc2)CC1. The van der Waals surface area contributed by atoms with Crippen molar-refractivity contribution in [3.63, 3.8) is 0 Å². The molecule has 0 aliphatic carbocycles. The number of nitriles is 1. The number of halogens is 1. The average molecular weight is 526 g/mol. The molecule has 2 saturated heterocycles. The lowest BCUT2D eigenvalue weighted by Crippen LogP contribution is -2.53. The molecule has 2 fully saturated rings. The predicted octanol–water partition coefficient (Wildman–Crippen LogP) is 3.15. The lowest BCUT2D eigenvalue weighted by Gasteiger charge is -2.32. The molecule has 2 heterocycles. The van der Waals surface area contributed by atoms with Crippen molar-refractivity contribution in [3.8, 4) is 6.07 Å². The number of para-hydroxylation sites is 1. The first-order chi connectivity index (χ1) is 16.0. The van der Waals surface area contributed by atoms with Crippen LogP contribution in [-0.2, 0) is 16.0 Å². The molecule has 0 radical (unpaired) electrons. The van der Waals surface area contributed by atoms with Gasteiger partial charge in [0.25, 0.3) is 5.91 Å². The van der Waals surface area contributed by atoms with E-state index >= 15 is 0 Å². The Balaban J connectivity index is 1.63. The summed E-state index contributed by atoms with van der Waals surface area (Å²) < 4.78 is 0.968. The number of rotatable bonds is 5. The lowest BCUT2D eigenvalue weighted by atomic mass is 10.1. The van der Waals surface area contributed by atoms with Crippen molar-refractivity contribution in [1.29, 1.82) is 5.26 Å². The van der Waals surface area contributed by atoms with E-state index in [-0.39, 0.29) is 11.5 Å². The molecule has 0 aromatic heterocycles. The number of carbonyl (C=O) groups is 2. The first-order valence-corrected chi connectivity index (χ1v) is 12.3. The fourth-order valence-electron chi connectivity index (χ4n) is 3.75. The third-order valence-electron chi connectivity index (χ3n) is 5.62. The van der Waals surface area contributed by atoms with Crippen LogP contribution >= 0.6 is 27.7 Å². The zero-order chi connectivity index (χ0) is 23.4. The number of hydrazine groups is 1. The van der Waals surface area contributed by atoms with Gasteiger partial charge in [-0.2, -0.15) is 5.26 Å². The molecule has 1 N–H and O–H groups in total. The van der Waals surface area contributed by atoms with Crippen molar-refractivity contribution in [2.45, 2.75) is 11.7 Å². The number of likely N-dealkylation sites (N-methyl/N-ethyl adjacent to an activating group) is 1. The van der Waals surface area contributed by atoms with Crippen LogP contribution < -0.4 is 10.3 Å². The highest BCUT2D eigenvalue weighted by molar-refractivity contribution is 9.10. The second kappa shape index (κ2) is 10.5. The van der Waals surface area contributed by atoms with Crippen molar-refractivity contribution in [1.82, 2.24) is 15.3 Å². The van der Waals surface area contributed by atoms with Gasteiger partial charge in [0.1, 0.15) is 16.7 Å². The number of carbonyl (C=O) groups excluding carboxylic acids is 2. The van der Waals surface area contributed by atoms with Gasteiger partial charge in [-0.05, 0) is 43.3 Å². The normalized spacial score (nSPS) is 21.1. The van der Waals surface area contributed by atoms with E-state index in [4.69, 9.17) is 0 Å². The highest BCUT2D eigenvalue weighted by Crippen LogP contribution is 2.41. The Morgan fingerprint density at radius 1 is 1.12 bits per heavy atom. The van der Waals surface area contributed by atoms with Crippen LogP contribution in [0.3, 0.4) is 0 Å². The number of nitrogens with one attached hydrogen (secondary N) is 1. The molecule has 7 nitrogen and oxygen atoms in total. The highest BCUT2D eigenvalue weighted by atomic mass is 79.9. The summed E-state index contributed by atoms with van der Waals surface area (Å²) in [5.41, 5.74) is 4.46. The molecule has 0 saturated carbocycles. The molecule has 2 aliphatic heterocycles. The number of nitrogens with zero attached hydrogens (tertiary/aromatic N) is 4. The molecule has 9 heteroatoms. The first kappa shape index (κ1) is 23.5. The Morgan fingerprint density at radius 3 is 2.42 bits per heavy atom. The first-order valence-electron chi connectivity index (χ1n) is 10.6. The summed E-state index contributed by atoms with van der Waals surface area (Å²) in [5, 5.41) is 11.7. The van der Waals surface area contributed by atoms with Gasteiger partial charge in [0.05, 0.1) is 5.25 Å². The summed E-state index contributed by atoms with van der Waals surface area (Å²) in [5.74, 6) is -0.619. The zero-order valence-electron chi connectivity index (χ0n) is 18.2. The Kier molecular flexibility index (Phi) is 7.50. The third kappa shape index (κ3) is 5.47. The smallest absolute Gasteiger partial charge is 0.278 e. The van der Waals surface area contributed by atoms with Crippen LogP contribution in [0.15, 0.2) is 69.7 Å². The van der Waals surface area contributed by atoms with Gasteiger partial charge in [-0.15, -0.1) is 0 Å². The summed E-state index contributed by atoms with van der Waals surface area (Å²) in [4.78, 5) is 30.2. The van der Waals surface area contributed by atoms with Crippen molar-refractivity contribution in [3.05, 3.63) is 75.2 Å². The van der Waals surface area contributed by atoms with Gasteiger partial charge in [-0.1, -0.05) is 58.0 Å². The molecule has 2 aromatic rings. The largest absolute Gasteiger partial charge is 0.304 e. The van der Waals surface area contributed by atoms with Gasteiger partial charge in [0.15, 0.2) is 0 Å². The monoisotopic (exact) mass is 525 g/mol. The van der Waals surface area contributed by atoms with Gasteiger partial charge < -0.3 is 4.90 Å². The molecule has 2 aliphatic rings. The zero-order valence-corrected chi connectivity index (χ0v) is 20.6. The molecule has 0 spiro atoms. The molecule has 4 rings (SSSR count). The second-order valence-corrected chi connectivity index (χ2v) is 10.1. The minimum atomic E-state index is -0.484. The van der Waals surface area contributed by atoms with E-state index in [9.17, 15) is 14.9 Å². The fourth-order valence-corrected chi connectivity index (χ4v) is 5.32. The maximum atomic E-state index is 13.5. The molecule has 33 heavy (non-hydrogen) atoms. The van der Waals surface area contributed by atoms with E-state index < -0.39 is 11.2 Å². The Hall–Kier alpha value is -2.64. The van der Waals surface area contributed by atoms with E-state index in [1.54, 1.807) is 0 Å². The Labute approximate surface area is 206 Å². The molecule has 2 aromatic carbocycles. The van der Waals surface area contributed by atoms with Crippen molar-refractivity contribution in [2.75, 3.05) is 38.1 Å². The standard InChI is InChI=1S/C24H24BrN5O2S/c1-28-11-13-29(14-12-28)27-22(31)20(16-26)24-30(19-5-3-2-4-6-19)23(32)21(33-24)15-17-7-9-18(25)10-8-17/h2-10,21H,11-15H2,1H3,(H,27,31)/b24-20+/t21-/m0/s1. The van der Waals surface area contributed by atoms with Gasteiger partial charge in [0, 0.05) is 36.3 Å². The van der Waals surface area contributed by atoms with E-state index in [1.165, 1.54) is 16.7 Å². The number of thioether (sulfide) groups is 1. The van der Waals surface area contributed by atoms with Crippen LogP contribution in [0.4, 0.5) is 5.69 Å². The van der Waals surface area contributed by atoms with E-state index in [0.29, 0.717) is 30.2 Å². The van der Waals surface area contributed by atoms with E-state index in [2.05, 4.69) is 32.3 Å². The topological polar surface area (TPSA) is 79.7 Å². The molecule has 1 atom stereocenters. The number of amides is 2. The number of hydrogen-bond donors (Lipinski definition) is 1. The van der Waals surface area contributed by atoms with E-state index in [0.717, 1.165) is 23.1 Å². The van der Waals surface area contributed by atoms with Gasteiger partial charge in [-0.3, -0.25) is 19.9 Å². The Morgan fingerprint density at radius 2 is 1.79 bits per heavy atom. The number of piperazine rings is 1. The summed E-state index contributed by atoms with van der Waals surface area (Å²) in [6, 6.07) is 19.0. The average Bonchev–Trinajstić information content (AvgIpc) is 3.13. The minimum absolute atomic E-state index is 0.0468. The molecule has 170 valence electrons. The fraction of sp³-hybridized carbons (Fsp3) is 0.292. The van der Waals surface area contributed by atoms with Crippen LogP contribution in [0, 0.1) is 11.3 Å². The van der Waals surface area contributed by atoms with Crippen molar-refractivity contribution < 1.29 is 9.59 Å². The van der Waals surface area contributed by atoms with Gasteiger partial charge >= 0.3 is 0 Å². The number of hydrogen-bond acceptors (Lipinski definition) is 6. The number of benzene rings is 2. The summed E-state index contributed by atoms with van der Waals surface area (Å²) in [6.45, 7) is 3.02. The van der Waals surface area contributed by atoms with Crippen LogP contribution in [0.2, 0.25) is 0 Å². The van der Waals surface area contributed by atoms with Gasteiger partial charge in [-0.25, -0.2) is 5.01 Å². The molecule has 0 unspecified atom stereocenters. The molecular formula is C24H24BrN5O2S. The maximum Gasteiger partial charge on any atom is 0.278 e. The van der Waals surface area contributed by atoms with Crippen LogP contribution in [0.5, 0.6) is 0 Å². The van der Waals surface area contributed by atoms with Gasteiger partial charge in [0.2, 0.25) is 5.91 Å². The summed E-state index contributed by atoms with van der Waals surface area (Å²) in [7, 11) is 2.03. The Bertz CT molecular complexity index is 1090. The number of anilines is 1. The maximum absolute atomic E-state index is 13.5. The predicted molar refractivity (Wildman–Crippen MR) is 133 cm³/mol. The van der Waals surface area contributed by atoms with Crippen LogP contribution in [0.25, 0.3) is 0 Å². The molecule has 2 amide bonds. The van der Waals surface area contributed by atoms with Crippen LogP contribution in [-0.4, -0.2) is 60.2 Å².